The Morgan fingerprint density at radius 1 is 1.33 bits per heavy atom. The standard InChI is InChI=1S/C14H17N3O/c1-9-8-12(9)13-16-14(18-17-13)11-4-2-10(3-5-11)6-7-15/h2-5,9,12H,6-8,15H2,1H3. The average molecular weight is 243 g/mol. The fraction of sp³-hybridized carbons (Fsp3) is 0.429. The summed E-state index contributed by atoms with van der Waals surface area (Å²) in [6.45, 7) is 2.88. The Morgan fingerprint density at radius 3 is 2.67 bits per heavy atom. The maximum Gasteiger partial charge on any atom is 0.257 e. The molecule has 0 aliphatic heterocycles. The predicted molar refractivity (Wildman–Crippen MR) is 69.0 cm³/mol. The molecule has 2 N–H and O–H groups in total. The van der Waals surface area contributed by atoms with E-state index in [1.54, 1.807) is 0 Å². The second-order valence-corrected chi connectivity index (χ2v) is 5.01. The molecule has 1 fully saturated rings. The van der Waals surface area contributed by atoms with Gasteiger partial charge in [0.05, 0.1) is 0 Å². The van der Waals surface area contributed by atoms with Crippen molar-refractivity contribution in [2.75, 3.05) is 6.54 Å². The Bertz CT molecular complexity index is 532. The highest BCUT2D eigenvalue weighted by Gasteiger charge is 2.38. The summed E-state index contributed by atoms with van der Waals surface area (Å²) >= 11 is 0. The third-order valence-corrected chi connectivity index (χ3v) is 3.52. The van der Waals surface area contributed by atoms with Crippen molar-refractivity contribution in [3.05, 3.63) is 35.7 Å². The number of nitrogens with zero attached hydrogens (tertiary/aromatic N) is 2. The first-order valence-electron chi connectivity index (χ1n) is 6.41. The van der Waals surface area contributed by atoms with Gasteiger partial charge in [0.15, 0.2) is 5.82 Å². The normalized spacial score (nSPS) is 22.1. The topological polar surface area (TPSA) is 64.9 Å². The third-order valence-electron chi connectivity index (χ3n) is 3.52. The number of benzene rings is 1. The Labute approximate surface area is 106 Å². The van der Waals surface area contributed by atoms with Gasteiger partial charge in [-0.1, -0.05) is 24.2 Å². The molecule has 1 aliphatic rings. The SMILES string of the molecule is CC1CC1c1noc(-c2ccc(CCN)cc2)n1. The van der Waals surface area contributed by atoms with Gasteiger partial charge in [-0.3, -0.25) is 0 Å². The van der Waals surface area contributed by atoms with Crippen LogP contribution < -0.4 is 5.73 Å². The van der Waals surface area contributed by atoms with Crippen LogP contribution in [0.5, 0.6) is 0 Å². The highest BCUT2D eigenvalue weighted by molar-refractivity contribution is 5.53. The van der Waals surface area contributed by atoms with Crippen LogP contribution in [-0.4, -0.2) is 16.7 Å². The zero-order valence-electron chi connectivity index (χ0n) is 10.5. The number of nitrogens with two attached hydrogens (primary N) is 1. The summed E-state index contributed by atoms with van der Waals surface area (Å²) in [6.07, 6.45) is 2.07. The lowest BCUT2D eigenvalue weighted by Gasteiger charge is -1.98. The molecular weight excluding hydrogens is 226 g/mol. The molecule has 18 heavy (non-hydrogen) atoms. The predicted octanol–water partition coefficient (Wildman–Crippen LogP) is 2.36. The molecule has 3 rings (SSSR count). The van der Waals surface area contributed by atoms with Gasteiger partial charge in [0, 0.05) is 11.5 Å². The van der Waals surface area contributed by atoms with E-state index in [0.717, 1.165) is 17.8 Å². The van der Waals surface area contributed by atoms with Gasteiger partial charge >= 0.3 is 0 Å². The van der Waals surface area contributed by atoms with Gasteiger partial charge in [-0.15, -0.1) is 0 Å². The highest BCUT2D eigenvalue weighted by atomic mass is 16.5. The number of hydrogen-bond donors (Lipinski definition) is 1. The molecule has 0 saturated heterocycles. The van der Waals surface area contributed by atoms with Crippen molar-refractivity contribution in [2.24, 2.45) is 11.7 Å². The Hall–Kier alpha value is -1.68. The number of hydrogen-bond acceptors (Lipinski definition) is 4. The molecule has 94 valence electrons. The molecule has 1 aliphatic carbocycles. The summed E-state index contributed by atoms with van der Waals surface area (Å²) in [5.74, 6) is 2.66. The van der Waals surface area contributed by atoms with Crippen molar-refractivity contribution in [1.29, 1.82) is 0 Å². The molecule has 1 heterocycles. The van der Waals surface area contributed by atoms with Gasteiger partial charge < -0.3 is 10.3 Å². The Balaban J connectivity index is 1.79. The van der Waals surface area contributed by atoms with E-state index in [1.165, 1.54) is 12.0 Å². The number of aromatic nitrogens is 2. The van der Waals surface area contributed by atoms with Gasteiger partial charge in [-0.25, -0.2) is 0 Å². The summed E-state index contributed by atoms with van der Waals surface area (Å²) in [4.78, 5) is 4.47. The van der Waals surface area contributed by atoms with E-state index in [0.29, 0.717) is 24.3 Å². The smallest absolute Gasteiger partial charge is 0.257 e. The first kappa shape index (κ1) is 11.4. The van der Waals surface area contributed by atoms with Crippen LogP contribution in [-0.2, 0) is 6.42 Å². The lowest BCUT2D eigenvalue weighted by atomic mass is 10.1. The fourth-order valence-electron chi connectivity index (χ4n) is 2.17. The van der Waals surface area contributed by atoms with Gasteiger partial charge in [-0.2, -0.15) is 4.98 Å². The van der Waals surface area contributed by atoms with E-state index < -0.39 is 0 Å². The van der Waals surface area contributed by atoms with Crippen LogP contribution in [0.1, 0.15) is 30.7 Å². The van der Waals surface area contributed by atoms with Crippen molar-refractivity contribution in [2.45, 2.75) is 25.7 Å². The van der Waals surface area contributed by atoms with Crippen LogP contribution in [0.25, 0.3) is 11.5 Å². The first-order valence-corrected chi connectivity index (χ1v) is 6.41. The monoisotopic (exact) mass is 243 g/mol. The van der Waals surface area contributed by atoms with Crippen molar-refractivity contribution >= 4 is 0 Å². The highest BCUT2D eigenvalue weighted by Crippen LogP contribution is 2.45. The second kappa shape index (κ2) is 4.53. The van der Waals surface area contributed by atoms with E-state index >= 15 is 0 Å². The zero-order valence-corrected chi connectivity index (χ0v) is 10.5. The number of rotatable bonds is 4. The molecule has 0 spiro atoms. The minimum Gasteiger partial charge on any atom is -0.334 e. The van der Waals surface area contributed by atoms with Crippen molar-refractivity contribution in [3.8, 4) is 11.5 Å². The summed E-state index contributed by atoms with van der Waals surface area (Å²) in [6, 6.07) is 8.15. The molecule has 1 aromatic carbocycles. The zero-order chi connectivity index (χ0) is 12.5. The fourth-order valence-corrected chi connectivity index (χ4v) is 2.17. The van der Waals surface area contributed by atoms with Crippen LogP contribution in [0.4, 0.5) is 0 Å². The molecule has 1 aromatic heterocycles. The van der Waals surface area contributed by atoms with Crippen molar-refractivity contribution < 1.29 is 4.52 Å². The largest absolute Gasteiger partial charge is 0.334 e. The first-order chi connectivity index (χ1) is 8.78. The van der Waals surface area contributed by atoms with Gasteiger partial charge in [0.1, 0.15) is 0 Å². The van der Waals surface area contributed by atoms with Gasteiger partial charge in [0.25, 0.3) is 5.89 Å². The van der Waals surface area contributed by atoms with E-state index in [9.17, 15) is 0 Å². The molecule has 1 saturated carbocycles. The van der Waals surface area contributed by atoms with E-state index in [1.807, 2.05) is 12.1 Å². The molecule has 4 heteroatoms. The minimum atomic E-state index is 0.499. The molecular formula is C14H17N3O. The van der Waals surface area contributed by atoms with Gasteiger partial charge in [-0.05, 0) is 43.0 Å². The summed E-state index contributed by atoms with van der Waals surface area (Å²) in [5.41, 5.74) is 7.73. The van der Waals surface area contributed by atoms with Crippen molar-refractivity contribution in [3.63, 3.8) is 0 Å². The Morgan fingerprint density at radius 2 is 2.06 bits per heavy atom. The Kier molecular flexibility index (Phi) is 2.88. The molecule has 2 unspecified atom stereocenters. The maximum atomic E-state index is 5.53. The van der Waals surface area contributed by atoms with Crippen LogP contribution >= 0.6 is 0 Å². The average Bonchev–Trinajstić information content (AvgIpc) is 2.93. The molecule has 0 amide bonds. The van der Waals surface area contributed by atoms with Gasteiger partial charge in [0.2, 0.25) is 0 Å². The summed E-state index contributed by atoms with van der Waals surface area (Å²) in [5, 5.41) is 4.06. The van der Waals surface area contributed by atoms with E-state index in [2.05, 4.69) is 29.2 Å². The molecule has 2 atom stereocenters. The molecule has 0 bridgehead atoms. The minimum absolute atomic E-state index is 0.499. The van der Waals surface area contributed by atoms with Crippen LogP contribution in [0.15, 0.2) is 28.8 Å². The third kappa shape index (κ3) is 2.16. The van der Waals surface area contributed by atoms with E-state index in [4.69, 9.17) is 10.3 Å². The summed E-state index contributed by atoms with van der Waals surface area (Å²) in [7, 11) is 0. The maximum absolute atomic E-state index is 5.53. The van der Waals surface area contributed by atoms with Crippen molar-refractivity contribution in [1.82, 2.24) is 10.1 Å². The lowest BCUT2D eigenvalue weighted by Crippen LogP contribution is -2.02. The lowest BCUT2D eigenvalue weighted by molar-refractivity contribution is 0.422. The molecule has 4 nitrogen and oxygen atoms in total. The second-order valence-electron chi connectivity index (χ2n) is 5.01. The van der Waals surface area contributed by atoms with E-state index in [-0.39, 0.29) is 0 Å². The molecule has 2 aromatic rings. The summed E-state index contributed by atoms with van der Waals surface area (Å²) < 4.78 is 5.31. The quantitative estimate of drug-likeness (QED) is 0.895. The van der Waals surface area contributed by atoms with Crippen LogP contribution in [0.3, 0.4) is 0 Å². The van der Waals surface area contributed by atoms with Crippen LogP contribution in [0, 0.1) is 5.92 Å². The molecule has 0 radical (unpaired) electrons. The van der Waals surface area contributed by atoms with Crippen LogP contribution in [0.2, 0.25) is 0 Å².